The molecule has 1 heterocycles. The zero-order valence-corrected chi connectivity index (χ0v) is 12.9. The molecular formula is C17H18ClNO2. The van der Waals surface area contributed by atoms with Crippen LogP contribution >= 0.6 is 11.6 Å². The van der Waals surface area contributed by atoms with Crippen molar-refractivity contribution in [3.63, 3.8) is 0 Å². The van der Waals surface area contributed by atoms with Crippen LogP contribution in [0.4, 0.5) is 5.69 Å². The fraction of sp³-hybridized carbons (Fsp3) is 0.294. The summed E-state index contributed by atoms with van der Waals surface area (Å²) in [5.41, 5.74) is 3.26. The van der Waals surface area contributed by atoms with Crippen LogP contribution in [0.1, 0.15) is 24.1 Å². The summed E-state index contributed by atoms with van der Waals surface area (Å²) < 4.78 is 11.2. The van der Waals surface area contributed by atoms with Crippen LogP contribution in [0, 0.1) is 6.92 Å². The lowest BCUT2D eigenvalue weighted by Gasteiger charge is -2.22. The Morgan fingerprint density at radius 2 is 1.86 bits per heavy atom. The van der Waals surface area contributed by atoms with Crippen molar-refractivity contribution in [1.82, 2.24) is 0 Å². The lowest BCUT2D eigenvalue weighted by Crippen LogP contribution is -2.16. The Balaban J connectivity index is 1.82. The Morgan fingerprint density at radius 3 is 2.67 bits per heavy atom. The largest absolute Gasteiger partial charge is 0.486 e. The predicted molar refractivity (Wildman–Crippen MR) is 85.7 cm³/mol. The highest BCUT2D eigenvalue weighted by Crippen LogP contribution is 2.34. The molecule has 0 aliphatic carbocycles. The first-order chi connectivity index (χ1) is 10.1. The Kier molecular flexibility index (Phi) is 3.93. The van der Waals surface area contributed by atoms with Crippen molar-refractivity contribution in [2.45, 2.75) is 19.9 Å². The lowest BCUT2D eigenvalue weighted by molar-refractivity contribution is 0.171. The molecule has 0 spiro atoms. The van der Waals surface area contributed by atoms with E-state index in [-0.39, 0.29) is 6.04 Å². The molecular weight excluding hydrogens is 286 g/mol. The van der Waals surface area contributed by atoms with Gasteiger partial charge in [-0.25, -0.2) is 0 Å². The monoisotopic (exact) mass is 303 g/mol. The summed E-state index contributed by atoms with van der Waals surface area (Å²) >= 11 is 6.16. The third-order valence-corrected chi connectivity index (χ3v) is 4.12. The minimum absolute atomic E-state index is 0.151. The van der Waals surface area contributed by atoms with Gasteiger partial charge in [0.15, 0.2) is 11.5 Å². The standard InChI is InChI=1S/C17H18ClNO2/c1-11-14(18)4-3-5-15(11)19-12(2)13-6-7-16-17(10-13)21-9-8-20-16/h3-7,10,12,19H,8-9H2,1-2H3. The van der Waals surface area contributed by atoms with Crippen molar-refractivity contribution >= 4 is 17.3 Å². The molecule has 1 unspecified atom stereocenters. The maximum atomic E-state index is 6.16. The van der Waals surface area contributed by atoms with Gasteiger partial charge in [-0.15, -0.1) is 0 Å². The quantitative estimate of drug-likeness (QED) is 0.899. The lowest BCUT2D eigenvalue weighted by atomic mass is 10.1. The van der Waals surface area contributed by atoms with E-state index < -0.39 is 0 Å². The topological polar surface area (TPSA) is 30.5 Å². The maximum Gasteiger partial charge on any atom is 0.161 e. The molecule has 4 heteroatoms. The molecule has 110 valence electrons. The van der Waals surface area contributed by atoms with Gasteiger partial charge in [-0.3, -0.25) is 0 Å². The van der Waals surface area contributed by atoms with Crippen LogP contribution in [0.2, 0.25) is 5.02 Å². The third-order valence-electron chi connectivity index (χ3n) is 3.71. The van der Waals surface area contributed by atoms with Gasteiger partial charge in [-0.1, -0.05) is 23.7 Å². The highest BCUT2D eigenvalue weighted by Gasteiger charge is 2.15. The average Bonchev–Trinajstić information content (AvgIpc) is 2.51. The van der Waals surface area contributed by atoms with Crippen LogP contribution < -0.4 is 14.8 Å². The van der Waals surface area contributed by atoms with E-state index in [0.29, 0.717) is 13.2 Å². The molecule has 2 aromatic rings. The van der Waals surface area contributed by atoms with Gasteiger partial charge >= 0.3 is 0 Å². The molecule has 0 amide bonds. The van der Waals surface area contributed by atoms with Crippen molar-refractivity contribution < 1.29 is 9.47 Å². The van der Waals surface area contributed by atoms with E-state index in [1.54, 1.807) is 0 Å². The summed E-state index contributed by atoms with van der Waals surface area (Å²) in [4.78, 5) is 0. The van der Waals surface area contributed by atoms with Crippen molar-refractivity contribution in [2.24, 2.45) is 0 Å². The first-order valence-corrected chi connectivity index (χ1v) is 7.44. The second kappa shape index (κ2) is 5.86. The number of benzene rings is 2. The summed E-state index contributed by atoms with van der Waals surface area (Å²) in [6.45, 7) is 5.35. The number of ether oxygens (including phenoxy) is 2. The Morgan fingerprint density at radius 1 is 1.10 bits per heavy atom. The predicted octanol–water partition coefficient (Wildman–Crippen LogP) is 4.59. The van der Waals surface area contributed by atoms with E-state index in [1.807, 2.05) is 37.3 Å². The second-order valence-corrected chi connectivity index (χ2v) is 5.59. The van der Waals surface area contributed by atoms with Crippen molar-refractivity contribution in [3.05, 3.63) is 52.5 Å². The minimum Gasteiger partial charge on any atom is -0.486 e. The van der Waals surface area contributed by atoms with Crippen LogP contribution in [0.15, 0.2) is 36.4 Å². The Labute approximate surface area is 129 Å². The molecule has 0 aromatic heterocycles. The third kappa shape index (κ3) is 2.93. The zero-order valence-electron chi connectivity index (χ0n) is 12.2. The Bertz CT molecular complexity index is 657. The number of rotatable bonds is 3. The molecule has 0 saturated heterocycles. The van der Waals surface area contributed by atoms with Gasteiger partial charge in [-0.05, 0) is 49.2 Å². The highest BCUT2D eigenvalue weighted by atomic mass is 35.5. The number of halogens is 1. The molecule has 1 N–H and O–H groups in total. The molecule has 3 rings (SSSR count). The van der Waals surface area contributed by atoms with Crippen molar-refractivity contribution in [2.75, 3.05) is 18.5 Å². The van der Waals surface area contributed by atoms with E-state index in [1.165, 1.54) is 0 Å². The molecule has 2 aromatic carbocycles. The van der Waals surface area contributed by atoms with Crippen LogP contribution in [-0.4, -0.2) is 13.2 Å². The van der Waals surface area contributed by atoms with Crippen LogP contribution in [-0.2, 0) is 0 Å². The van der Waals surface area contributed by atoms with Gasteiger partial charge in [0.1, 0.15) is 13.2 Å². The van der Waals surface area contributed by atoms with Gasteiger partial charge in [0.05, 0.1) is 0 Å². The van der Waals surface area contributed by atoms with Crippen LogP contribution in [0.3, 0.4) is 0 Å². The molecule has 0 radical (unpaired) electrons. The van der Waals surface area contributed by atoms with Gasteiger partial charge in [0, 0.05) is 16.8 Å². The minimum atomic E-state index is 0.151. The fourth-order valence-corrected chi connectivity index (χ4v) is 2.58. The molecule has 0 fully saturated rings. The summed E-state index contributed by atoms with van der Waals surface area (Å²) in [5.74, 6) is 1.63. The van der Waals surface area contributed by atoms with E-state index in [2.05, 4.69) is 18.3 Å². The van der Waals surface area contributed by atoms with Crippen molar-refractivity contribution in [1.29, 1.82) is 0 Å². The first-order valence-electron chi connectivity index (χ1n) is 7.06. The molecule has 0 saturated carbocycles. The summed E-state index contributed by atoms with van der Waals surface area (Å²) in [5, 5.41) is 4.27. The molecule has 1 aliphatic heterocycles. The van der Waals surface area contributed by atoms with E-state index in [9.17, 15) is 0 Å². The number of hydrogen-bond donors (Lipinski definition) is 1. The maximum absolute atomic E-state index is 6.16. The SMILES string of the molecule is Cc1c(Cl)cccc1NC(C)c1ccc2c(c1)OCCO2. The zero-order chi connectivity index (χ0) is 14.8. The van der Waals surface area contributed by atoms with E-state index >= 15 is 0 Å². The molecule has 3 nitrogen and oxygen atoms in total. The molecule has 1 atom stereocenters. The van der Waals surface area contributed by atoms with Crippen LogP contribution in [0.5, 0.6) is 11.5 Å². The molecule has 1 aliphatic rings. The van der Waals surface area contributed by atoms with E-state index in [4.69, 9.17) is 21.1 Å². The van der Waals surface area contributed by atoms with Crippen molar-refractivity contribution in [3.8, 4) is 11.5 Å². The molecule has 0 bridgehead atoms. The fourth-order valence-electron chi connectivity index (χ4n) is 2.41. The van der Waals surface area contributed by atoms with Gasteiger partial charge in [-0.2, -0.15) is 0 Å². The van der Waals surface area contributed by atoms with Gasteiger partial charge in [0.2, 0.25) is 0 Å². The van der Waals surface area contributed by atoms with Gasteiger partial charge < -0.3 is 14.8 Å². The highest BCUT2D eigenvalue weighted by molar-refractivity contribution is 6.31. The smallest absolute Gasteiger partial charge is 0.161 e. The van der Waals surface area contributed by atoms with Crippen LogP contribution in [0.25, 0.3) is 0 Å². The number of anilines is 1. The number of hydrogen-bond acceptors (Lipinski definition) is 3. The van der Waals surface area contributed by atoms with E-state index in [0.717, 1.165) is 33.3 Å². The number of nitrogens with one attached hydrogen (secondary N) is 1. The summed E-state index contributed by atoms with van der Waals surface area (Å²) in [6.07, 6.45) is 0. The summed E-state index contributed by atoms with van der Waals surface area (Å²) in [6, 6.07) is 12.1. The molecule has 21 heavy (non-hydrogen) atoms. The Hall–Kier alpha value is -1.87. The number of fused-ring (bicyclic) bond motifs is 1. The summed E-state index contributed by atoms with van der Waals surface area (Å²) in [7, 11) is 0. The average molecular weight is 304 g/mol. The first kappa shape index (κ1) is 14.1. The van der Waals surface area contributed by atoms with Gasteiger partial charge in [0.25, 0.3) is 0 Å². The second-order valence-electron chi connectivity index (χ2n) is 5.18. The normalized spacial score (nSPS) is 14.6.